The number of carbonyl (C=O) groups excluding carboxylic acids is 1. The van der Waals surface area contributed by atoms with Gasteiger partial charge < -0.3 is 4.90 Å². The van der Waals surface area contributed by atoms with Gasteiger partial charge in [-0.05, 0) is 24.0 Å². The molecule has 3 rings (SSSR count). The average Bonchev–Trinajstić information content (AvgIpc) is 2.84. The summed E-state index contributed by atoms with van der Waals surface area (Å²) in [6, 6.07) is 18.3. The molecule has 2 aromatic rings. The van der Waals surface area contributed by atoms with Gasteiger partial charge >= 0.3 is 0 Å². The number of benzene rings is 2. The van der Waals surface area contributed by atoms with Crippen LogP contribution in [-0.4, -0.2) is 17.4 Å². The summed E-state index contributed by atoms with van der Waals surface area (Å²) in [5.41, 5.74) is 3.16. The van der Waals surface area contributed by atoms with Crippen molar-refractivity contribution < 1.29 is 4.79 Å². The van der Waals surface area contributed by atoms with Crippen molar-refractivity contribution in [2.45, 2.75) is 33.0 Å². The quantitative estimate of drug-likeness (QED) is 0.875. The van der Waals surface area contributed by atoms with Crippen molar-refractivity contribution in [3.05, 3.63) is 71.3 Å². The molecule has 0 aromatic heterocycles. The first kappa shape index (κ1) is 15.8. The zero-order valence-corrected chi connectivity index (χ0v) is 13.8. The number of nitrogens with zero attached hydrogens (tertiary/aromatic N) is 1. The first-order chi connectivity index (χ1) is 11.2. The Labute approximate surface area is 138 Å². The summed E-state index contributed by atoms with van der Waals surface area (Å²) < 4.78 is 0. The molecule has 3 heteroatoms. The van der Waals surface area contributed by atoms with Crippen LogP contribution in [0.3, 0.4) is 0 Å². The summed E-state index contributed by atoms with van der Waals surface area (Å²) in [6.07, 6.45) is 0.987. The van der Waals surface area contributed by atoms with Crippen LogP contribution >= 0.6 is 0 Å². The van der Waals surface area contributed by atoms with Gasteiger partial charge in [0, 0.05) is 24.2 Å². The van der Waals surface area contributed by atoms with Crippen LogP contribution < -0.4 is 5.32 Å². The molecule has 0 bridgehead atoms. The minimum absolute atomic E-state index is 0.0299. The Morgan fingerprint density at radius 1 is 1.04 bits per heavy atom. The van der Waals surface area contributed by atoms with Crippen LogP contribution in [0.4, 0.5) is 0 Å². The Morgan fingerprint density at radius 2 is 1.74 bits per heavy atom. The molecule has 1 heterocycles. The molecule has 0 saturated heterocycles. The molecule has 0 saturated carbocycles. The van der Waals surface area contributed by atoms with Crippen LogP contribution in [-0.2, 0) is 6.54 Å². The van der Waals surface area contributed by atoms with E-state index in [4.69, 9.17) is 0 Å². The van der Waals surface area contributed by atoms with Crippen LogP contribution in [0.25, 0.3) is 0 Å². The number of hydrogen-bond donors (Lipinski definition) is 1. The van der Waals surface area contributed by atoms with E-state index in [1.54, 1.807) is 0 Å². The van der Waals surface area contributed by atoms with E-state index in [1.165, 1.54) is 5.56 Å². The summed E-state index contributed by atoms with van der Waals surface area (Å²) >= 11 is 0. The predicted molar refractivity (Wildman–Crippen MR) is 93.0 cm³/mol. The second kappa shape index (κ2) is 6.97. The fourth-order valence-electron chi connectivity index (χ4n) is 3.03. The lowest BCUT2D eigenvalue weighted by Crippen LogP contribution is -2.37. The molecule has 23 heavy (non-hydrogen) atoms. The number of carbonyl (C=O) groups is 1. The number of nitrogens with one attached hydrogen (secondary N) is 1. The van der Waals surface area contributed by atoms with Crippen molar-refractivity contribution in [3.63, 3.8) is 0 Å². The highest BCUT2D eigenvalue weighted by Crippen LogP contribution is 2.32. The van der Waals surface area contributed by atoms with E-state index >= 15 is 0 Å². The molecular formula is C20H24N2O. The van der Waals surface area contributed by atoms with Gasteiger partial charge in [-0.1, -0.05) is 62.4 Å². The highest BCUT2D eigenvalue weighted by molar-refractivity contribution is 5.99. The van der Waals surface area contributed by atoms with Crippen LogP contribution in [0.5, 0.6) is 0 Å². The standard InChI is InChI=1S/C20H24N2O/c1-15(2)12-13-22-19(21-14-16-8-4-3-5-9-16)17-10-6-7-11-18(17)20(22)23/h3-11,15,19,21H,12-14H2,1-2H3/t19-/m1/s1. The van der Waals surface area contributed by atoms with Gasteiger partial charge in [0.25, 0.3) is 5.91 Å². The SMILES string of the molecule is CC(C)CCN1C(=O)c2ccccc2[C@@H]1NCc1ccccc1. The number of hydrogen-bond acceptors (Lipinski definition) is 2. The first-order valence-electron chi connectivity index (χ1n) is 8.34. The minimum Gasteiger partial charge on any atom is -0.319 e. The predicted octanol–water partition coefficient (Wildman–Crippen LogP) is 3.98. The van der Waals surface area contributed by atoms with E-state index in [1.807, 2.05) is 41.3 Å². The Kier molecular flexibility index (Phi) is 4.77. The summed E-state index contributed by atoms with van der Waals surface area (Å²) in [6.45, 7) is 5.93. The van der Waals surface area contributed by atoms with E-state index in [0.29, 0.717) is 5.92 Å². The summed E-state index contributed by atoms with van der Waals surface area (Å²) in [4.78, 5) is 14.7. The zero-order chi connectivity index (χ0) is 16.2. The average molecular weight is 308 g/mol. The summed E-state index contributed by atoms with van der Waals surface area (Å²) in [5, 5.41) is 3.56. The number of amides is 1. The maximum Gasteiger partial charge on any atom is 0.255 e. The Morgan fingerprint density at radius 3 is 2.48 bits per heavy atom. The number of fused-ring (bicyclic) bond motifs is 1. The van der Waals surface area contributed by atoms with Gasteiger partial charge in [0.1, 0.15) is 6.17 Å². The van der Waals surface area contributed by atoms with Crippen molar-refractivity contribution in [2.24, 2.45) is 5.92 Å². The van der Waals surface area contributed by atoms with E-state index < -0.39 is 0 Å². The smallest absolute Gasteiger partial charge is 0.255 e. The van der Waals surface area contributed by atoms with E-state index in [-0.39, 0.29) is 12.1 Å². The normalized spacial score (nSPS) is 16.9. The van der Waals surface area contributed by atoms with E-state index in [2.05, 4.69) is 37.4 Å². The van der Waals surface area contributed by atoms with Gasteiger partial charge in [-0.25, -0.2) is 0 Å². The second-order valence-corrected chi connectivity index (χ2v) is 6.54. The van der Waals surface area contributed by atoms with Crippen molar-refractivity contribution in [3.8, 4) is 0 Å². The molecule has 0 spiro atoms. The Hall–Kier alpha value is -2.13. The summed E-state index contributed by atoms with van der Waals surface area (Å²) in [7, 11) is 0. The van der Waals surface area contributed by atoms with Gasteiger partial charge in [0.15, 0.2) is 0 Å². The first-order valence-corrected chi connectivity index (χ1v) is 8.34. The maximum atomic E-state index is 12.7. The minimum atomic E-state index is -0.0299. The molecule has 2 aromatic carbocycles. The third-order valence-corrected chi connectivity index (χ3v) is 4.35. The lowest BCUT2D eigenvalue weighted by molar-refractivity contribution is 0.0683. The monoisotopic (exact) mass is 308 g/mol. The molecule has 1 atom stereocenters. The van der Waals surface area contributed by atoms with Crippen molar-refractivity contribution in [2.75, 3.05) is 6.54 Å². The molecular weight excluding hydrogens is 284 g/mol. The highest BCUT2D eigenvalue weighted by atomic mass is 16.2. The molecule has 120 valence electrons. The Bertz CT molecular complexity index is 666. The van der Waals surface area contributed by atoms with Crippen molar-refractivity contribution >= 4 is 5.91 Å². The molecule has 1 N–H and O–H groups in total. The van der Waals surface area contributed by atoms with E-state index in [9.17, 15) is 4.79 Å². The van der Waals surface area contributed by atoms with Crippen LogP contribution in [0, 0.1) is 5.92 Å². The lowest BCUT2D eigenvalue weighted by Gasteiger charge is -2.27. The van der Waals surface area contributed by atoms with Crippen molar-refractivity contribution in [1.82, 2.24) is 10.2 Å². The van der Waals surface area contributed by atoms with Crippen molar-refractivity contribution in [1.29, 1.82) is 0 Å². The molecule has 0 fully saturated rings. The van der Waals surface area contributed by atoms with Crippen LogP contribution in [0.1, 0.15) is 47.9 Å². The lowest BCUT2D eigenvalue weighted by atomic mass is 10.1. The summed E-state index contributed by atoms with van der Waals surface area (Å²) in [5.74, 6) is 0.730. The molecule has 3 nitrogen and oxygen atoms in total. The molecule has 1 amide bonds. The van der Waals surface area contributed by atoms with Gasteiger partial charge in [-0.2, -0.15) is 0 Å². The maximum absolute atomic E-state index is 12.7. The molecule has 0 aliphatic carbocycles. The Balaban J connectivity index is 1.79. The largest absolute Gasteiger partial charge is 0.319 e. The van der Waals surface area contributed by atoms with Crippen LogP contribution in [0.2, 0.25) is 0 Å². The van der Waals surface area contributed by atoms with Gasteiger partial charge in [-0.15, -0.1) is 0 Å². The third kappa shape index (κ3) is 3.45. The molecule has 0 radical (unpaired) electrons. The number of rotatable bonds is 6. The van der Waals surface area contributed by atoms with Crippen LogP contribution in [0.15, 0.2) is 54.6 Å². The second-order valence-electron chi connectivity index (χ2n) is 6.54. The van der Waals surface area contributed by atoms with Gasteiger partial charge in [0.2, 0.25) is 0 Å². The topological polar surface area (TPSA) is 32.3 Å². The highest BCUT2D eigenvalue weighted by Gasteiger charge is 2.35. The molecule has 0 unspecified atom stereocenters. The third-order valence-electron chi connectivity index (χ3n) is 4.35. The molecule has 1 aliphatic heterocycles. The molecule has 1 aliphatic rings. The zero-order valence-electron chi connectivity index (χ0n) is 13.8. The van der Waals surface area contributed by atoms with Gasteiger partial charge in [0.05, 0.1) is 0 Å². The van der Waals surface area contributed by atoms with Gasteiger partial charge in [-0.3, -0.25) is 10.1 Å². The van der Waals surface area contributed by atoms with E-state index in [0.717, 1.165) is 30.6 Å². The fourth-order valence-corrected chi connectivity index (χ4v) is 3.03. The fraction of sp³-hybridized carbons (Fsp3) is 0.350.